The van der Waals surface area contributed by atoms with Crippen LogP contribution in [0.3, 0.4) is 0 Å². The van der Waals surface area contributed by atoms with E-state index in [2.05, 4.69) is 10.2 Å². The first kappa shape index (κ1) is 30.9. The van der Waals surface area contributed by atoms with Gasteiger partial charge in [0.2, 0.25) is 0 Å². The fraction of sp³-hybridized carbons (Fsp3) is 0.314. The molecule has 44 heavy (non-hydrogen) atoms. The summed E-state index contributed by atoms with van der Waals surface area (Å²) in [6.07, 6.45) is 0.507. The Morgan fingerprint density at radius 2 is 1.75 bits per heavy atom. The molecule has 1 fully saturated rings. The molecule has 0 aliphatic carbocycles. The first-order valence-corrected chi connectivity index (χ1v) is 14.6. The number of rotatable bonds is 10. The van der Waals surface area contributed by atoms with Crippen LogP contribution in [0.2, 0.25) is 0 Å². The number of hydrogen-bond acceptors (Lipinski definition) is 5. The van der Waals surface area contributed by atoms with Gasteiger partial charge in [-0.25, -0.2) is 13.6 Å². The van der Waals surface area contributed by atoms with Crippen molar-refractivity contribution in [3.8, 4) is 22.6 Å². The minimum Gasteiger partial charge on any atom is -0.496 e. The lowest BCUT2D eigenvalue weighted by Gasteiger charge is -2.30. The summed E-state index contributed by atoms with van der Waals surface area (Å²) in [7, 11) is 3.19. The first-order chi connectivity index (χ1) is 21.2. The minimum atomic E-state index is -1.30. The predicted octanol–water partition coefficient (Wildman–Crippen LogP) is 6.33. The number of nitrogens with one attached hydrogen (secondary N) is 1. The number of carbonyl (C=O) groups excluding carboxylic acids is 1. The molecule has 0 radical (unpaired) electrons. The van der Waals surface area contributed by atoms with Crippen molar-refractivity contribution in [1.82, 2.24) is 10.2 Å². The summed E-state index contributed by atoms with van der Waals surface area (Å²) in [5.41, 5.74) is 3.39. The average Bonchev–Trinajstić information content (AvgIpc) is 3.00. The zero-order valence-corrected chi connectivity index (χ0v) is 25.0. The number of ether oxygens (including phenoxy) is 2. The maximum atomic E-state index is 14.4. The average molecular weight is 603 g/mol. The predicted molar refractivity (Wildman–Crippen MR) is 166 cm³/mol. The van der Waals surface area contributed by atoms with Crippen LogP contribution in [0.5, 0.6) is 11.5 Å². The molecule has 1 aliphatic rings. The van der Waals surface area contributed by atoms with Crippen molar-refractivity contribution >= 4 is 22.6 Å². The van der Waals surface area contributed by atoms with Gasteiger partial charge >= 0.3 is 5.97 Å². The molecule has 4 aromatic carbocycles. The van der Waals surface area contributed by atoms with Gasteiger partial charge in [0, 0.05) is 25.1 Å². The number of amides is 1. The fourth-order valence-corrected chi connectivity index (χ4v) is 6.12. The van der Waals surface area contributed by atoms with Crippen LogP contribution in [0, 0.1) is 12.7 Å². The summed E-state index contributed by atoms with van der Waals surface area (Å²) in [5.74, 6) is -1.50. The quantitative estimate of drug-likeness (QED) is 0.221. The van der Waals surface area contributed by atoms with Gasteiger partial charge in [0.15, 0.2) is 0 Å². The van der Waals surface area contributed by atoms with Gasteiger partial charge in [0.1, 0.15) is 29.5 Å². The van der Waals surface area contributed by atoms with E-state index in [0.29, 0.717) is 42.1 Å². The minimum absolute atomic E-state index is 0.0248. The molecule has 230 valence electrons. The van der Waals surface area contributed by atoms with Gasteiger partial charge in [-0.15, -0.1) is 0 Å². The highest BCUT2D eigenvalue weighted by Crippen LogP contribution is 2.44. The van der Waals surface area contributed by atoms with Crippen molar-refractivity contribution in [2.24, 2.45) is 0 Å². The Balaban J connectivity index is 1.53. The molecule has 5 rings (SSSR count). The Morgan fingerprint density at radius 1 is 1.00 bits per heavy atom. The molecular weight excluding hydrogens is 566 g/mol. The number of aryl methyl sites for hydroxylation is 1. The third kappa shape index (κ3) is 6.38. The normalized spacial score (nSPS) is 16.0. The number of nitrogens with zero attached hydrogens (tertiary/aromatic N) is 1. The van der Waals surface area contributed by atoms with Crippen molar-refractivity contribution in [3.63, 3.8) is 0 Å². The monoisotopic (exact) mass is 602 g/mol. The number of aliphatic carboxylic acids is 1. The molecule has 1 aliphatic heterocycles. The van der Waals surface area contributed by atoms with Crippen LogP contribution in [0.25, 0.3) is 21.9 Å². The van der Waals surface area contributed by atoms with E-state index in [1.807, 2.05) is 48.5 Å². The molecule has 1 saturated heterocycles. The van der Waals surface area contributed by atoms with Crippen LogP contribution in [-0.2, 0) is 17.8 Å². The second-order valence-corrected chi connectivity index (χ2v) is 11.1. The SMILES string of the molecule is COc1ccc(CN2CCC[C@@H](F)C2)c(OC)c1-c1cccc2c(C[C@H](NC(=O)c3c(C)cccc3F)C(=O)O)cccc12. The molecule has 7 nitrogen and oxygen atoms in total. The fourth-order valence-electron chi connectivity index (χ4n) is 6.12. The lowest BCUT2D eigenvalue weighted by atomic mass is 9.91. The Morgan fingerprint density at radius 3 is 2.45 bits per heavy atom. The van der Waals surface area contributed by atoms with Gasteiger partial charge in [0.05, 0.1) is 25.3 Å². The summed E-state index contributed by atoms with van der Waals surface area (Å²) in [4.78, 5) is 27.3. The van der Waals surface area contributed by atoms with E-state index in [-0.39, 0.29) is 12.0 Å². The summed E-state index contributed by atoms with van der Waals surface area (Å²) >= 11 is 0. The van der Waals surface area contributed by atoms with Crippen LogP contribution >= 0.6 is 0 Å². The summed E-state index contributed by atoms with van der Waals surface area (Å²) in [5, 5.41) is 14.2. The van der Waals surface area contributed by atoms with Crippen LogP contribution < -0.4 is 14.8 Å². The van der Waals surface area contributed by atoms with E-state index in [9.17, 15) is 23.5 Å². The lowest BCUT2D eigenvalue weighted by molar-refractivity contribution is -0.139. The Bertz CT molecular complexity index is 1670. The van der Waals surface area contributed by atoms with E-state index >= 15 is 0 Å². The van der Waals surface area contributed by atoms with E-state index in [1.165, 1.54) is 12.1 Å². The number of benzene rings is 4. The first-order valence-electron chi connectivity index (χ1n) is 14.6. The van der Waals surface area contributed by atoms with Gasteiger partial charge in [-0.05, 0) is 65.9 Å². The van der Waals surface area contributed by atoms with Gasteiger partial charge in [-0.1, -0.05) is 54.6 Å². The second-order valence-electron chi connectivity index (χ2n) is 11.1. The number of halogens is 2. The second kappa shape index (κ2) is 13.4. The van der Waals surface area contributed by atoms with Crippen LogP contribution in [0.4, 0.5) is 8.78 Å². The number of alkyl halides is 1. The van der Waals surface area contributed by atoms with Crippen molar-refractivity contribution < 1.29 is 33.0 Å². The molecular formula is C35H36F2N2O5. The molecule has 1 amide bonds. The maximum Gasteiger partial charge on any atom is 0.326 e. The van der Waals surface area contributed by atoms with Crippen molar-refractivity contribution in [1.29, 1.82) is 0 Å². The highest BCUT2D eigenvalue weighted by Gasteiger charge is 2.26. The van der Waals surface area contributed by atoms with Crippen LogP contribution in [0.1, 0.15) is 39.9 Å². The van der Waals surface area contributed by atoms with E-state index in [4.69, 9.17) is 9.47 Å². The largest absolute Gasteiger partial charge is 0.496 e. The molecule has 9 heteroatoms. The standard InChI is InChI=1S/C35H36F2N2O5/c1-21-8-4-14-28(37)31(21)34(40)38-29(35(41)42)18-22-9-5-12-26-25(22)11-6-13-27(26)32-30(43-2)16-15-23(33(32)44-3)19-39-17-7-10-24(36)20-39/h4-6,8-9,11-16,24,29H,7,10,17-20H2,1-3H3,(H,38,40)(H,41,42)/t24-,29+/m1/s1. The zero-order chi connectivity index (χ0) is 31.4. The lowest BCUT2D eigenvalue weighted by Crippen LogP contribution is -2.42. The Kier molecular flexibility index (Phi) is 9.44. The number of methoxy groups -OCH3 is 2. The highest BCUT2D eigenvalue weighted by molar-refractivity contribution is 6.02. The number of carboxylic acids is 1. The molecule has 0 aromatic heterocycles. The van der Waals surface area contributed by atoms with Crippen molar-refractivity contribution in [2.45, 2.75) is 44.9 Å². The number of carbonyl (C=O) groups is 2. The zero-order valence-electron chi connectivity index (χ0n) is 25.0. The van der Waals surface area contributed by atoms with Gasteiger partial charge in [-0.2, -0.15) is 0 Å². The Hall–Kier alpha value is -4.50. The topological polar surface area (TPSA) is 88.1 Å². The van der Waals surface area contributed by atoms with E-state index in [1.54, 1.807) is 27.2 Å². The number of hydrogen-bond donors (Lipinski definition) is 2. The molecule has 0 saturated carbocycles. The molecule has 0 bridgehead atoms. The van der Waals surface area contributed by atoms with Crippen LogP contribution in [-0.4, -0.2) is 61.4 Å². The highest BCUT2D eigenvalue weighted by atomic mass is 19.1. The molecule has 4 aromatic rings. The molecule has 0 unspecified atom stereocenters. The number of carboxylic acid groups (broad SMARTS) is 1. The third-order valence-electron chi connectivity index (χ3n) is 8.23. The van der Waals surface area contributed by atoms with E-state index < -0.39 is 29.9 Å². The summed E-state index contributed by atoms with van der Waals surface area (Å²) in [6.45, 7) is 3.31. The number of fused-ring (bicyclic) bond motifs is 1. The molecule has 1 heterocycles. The molecule has 0 spiro atoms. The van der Waals surface area contributed by atoms with Gasteiger partial charge in [-0.3, -0.25) is 9.69 Å². The van der Waals surface area contributed by atoms with Gasteiger partial charge < -0.3 is 19.9 Å². The summed E-state index contributed by atoms with van der Waals surface area (Å²) < 4.78 is 40.3. The third-order valence-corrected chi connectivity index (χ3v) is 8.23. The molecule has 2 N–H and O–H groups in total. The Labute approximate surface area is 255 Å². The number of piperidine rings is 1. The molecule has 2 atom stereocenters. The van der Waals surface area contributed by atoms with Gasteiger partial charge in [0.25, 0.3) is 5.91 Å². The number of likely N-dealkylation sites (tertiary alicyclic amines) is 1. The smallest absolute Gasteiger partial charge is 0.326 e. The van der Waals surface area contributed by atoms with Crippen LogP contribution in [0.15, 0.2) is 66.7 Å². The van der Waals surface area contributed by atoms with Crippen molar-refractivity contribution in [3.05, 3.63) is 94.8 Å². The van der Waals surface area contributed by atoms with Crippen molar-refractivity contribution in [2.75, 3.05) is 27.3 Å². The summed E-state index contributed by atoms with van der Waals surface area (Å²) in [6, 6.07) is 18.1. The maximum absolute atomic E-state index is 14.4. The van der Waals surface area contributed by atoms with E-state index in [0.717, 1.165) is 40.4 Å².